The summed E-state index contributed by atoms with van der Waals surface area (Å²) in [6.07, 6.45) is 1.37. The maximum absolute atomic E-state index is 9.58. The van der Waals surface area contributed by atoms with E-state index in [0.29, 0.717) is 27.0 Å². The van der Waals surface area contributed by atoms with Crippen LogP contribution in [0.15, 0.2) is 12.3 Å². The number of phenolic OH excluding ortho intramolecular Hbond substituents is 1. The third-order valence-electron chi connectivity index (χ3n) is 2.03. The van der Waals surface area contributed by atoms with Crippen LogP contribution in [-0.2, 0) is 0 Å². The monoisotopic (exact) mass is 179 g/mol. The van der Waals surface area contributed by atoms with Gasteiger partial charge in [-0.25, -0.2) is 0 Å². The summed E-state index contributed by atoms with van der Waals surface area (Å²) >= 11 is 0. The molecule has 0 unspecified atom stereocenters. The molecular formula is C8H9N3O2. The van der Waals surface area contributed by atoms with Crippen molar-refractivity contribution < 1.29 is 10.3 Å². The van der Waals surface area contributed by atoms with Crippen LogP contribution in [-0.4, -0.2) is 20.3 Å². The first-order valence-corrected chi connectivity index (χ1v) is 3.76. The van der Waals surface area contributed by atoms with Crippen LogP contribution in [0.4, 0.5) is 5.69 Å². The Hall–Kier alpha value is -1.91. The molecule has 0 fully saturated rings. The highest BCUT2D eigenvalue weighted by Crippen LogP contribution is 2.31. The molecule has 0 atom stereocenters. The Balaban J connectivity index is 2.99. The Morgan fingerprint density at radius 1 is 1.54 bits per heavy atom. The van der Waals surface area contributed by atoms with Gasteiger partial charge in [0, 0.05) is 0 Å². The Morgan fingerprint density at radius 2 is 2.23 bits per heavy atom. The Bertz CT molecular complexity index is 476. The van der Waals surface area contributed by atoms with E-state index in [2.05, 4.69) is 5.10 Å². The molecule has 0 saturated heterocycles. The molecule has 0 amide bonds. The van der Waals surface area contributed by atoms with Crippen molar-refractivity contribution in [3.63, 3.8) is 0 Å². The van der Waals surface area contributed by atoms with Gasteiger partial charge in [-0.3, -0.25) is 0 Å². The molecule has 0 spiro atoms. The lowest BCUT2D eigenvalue weighted by atomic mass is 10.1. The van der Waals surface area contributed by atoms with Crippen LogP contribution in [0.1, 0.15) is 5.56 Å². The SMILES string of the molecule is Cc1cc(N)c2c(cnn2O)c1O. The van der Waals surface area contributed by atoms with Gasteiger partial charge in [0.05, 0.1) is 17.3 Å². The number of nitrogen functional groups attached to an aromatic ring is 1. The van der Waals surface area contributed by atoms with Crippen molar-refractivity contribution in [3.05, 3.63) is 17.8 Å². The number of aryl methyl sites for hydroxylation is 1. The average Bonchev–Trinajstić information content (AvgIpc) is 2.44. The zero-order chi connectivity index (χ0) is 9.59. The van der Waals surface area contributed by atoms with Crippen LogP contribution < -0.4 is 5.73 Å². The van der Waals surface area contributed by atoms with Crippen molar-refractivity contribution >= 4 is 16.6 Å². The van der Waals surface area contributed by atoms with Crippen molar-refractivity contribution in [3.8, 4) is 5.75 Å². The van der Waals surface area contributed by atoms with E-state index in [-0.39, 0.29) is 5.75 Å². The quantitative estimate of drug-likeness (QED) is 0.318. The third kappa shape index (κ3) is 0.900. The summed E-state index contributed by atoms with van der Waals surface area (Å²) in [6, 6.07) is 1.59. The maximum atomic E-state index is 9.58. The Labute approximate surface area is 74.0 Å². The summed E-state index contributed by atoms with van der Waals surface area (Å²) in [5, 5.41) is 22.8. The number of hydrogen-bond acceptors (Lipinski definition) is 4. The van der Waals surface area contributed by atoms with Crippen LogP contribution in [0.3, 0.4) is 0 Å². The lowest BCUT2D eigenvalue weighted by molar-refractivity contribution is 0.161. The third-order valence-corrected chi connectivity index (χ3v) is 2.03. The summed E-state index contributed by atoms with van der Waals surface area (Å²) in [6.45, 7) is 1.74. The molecule has 0 saturated carbocycles. The number of nitrogens with two attached hydrogens (primary N) is 1. The minimum Gasteiger partial charge on any atom is -0.507 e. The first kappa shape index (κ1) is 7.72. The molecular weight excluding hydrogens is 170 g/mol. The van der Waals surface area contributed by atoms with E-state index in [0.717, 1.165) is 0 Å². The van der Waals surface area contributed by atoms with Crippen molar-refractivity contribution in [2.75, 3.05) is 5.73 Å². The molecule has 1 heterocycles. The number of nitrogens with zero attached hydrogens (tertiary/aromatic N) is 2. The van der Waals surface area contributed by atoms with E-state index in [4.69, 9.17) is 5.73 Å². The van der Waals surface area contributed by atoms with Gasteiger partial charge >= 0.3 is 0 Å². The predicted octanol–water partition coefficient (Wildman–Crippen LogP) is 0.870. The molecule has 2 aromatic rings. The zero-order valence-electron chi connectivity index (χ0n) is 7.02. The molecule has 5 heteroatoms. The minimum atomic E-state index is 0.101. The summed E-state index contributed by atoms with van der Waals surface area (Å²) in [4.78, 5) is 0.657. The number of aromatic nitrogens is 2. The minimum absolute atomic E-state index is 0.101. The molecule has 0 aliphatic carbocycles. The molecule has 0 radical (unpaired) electrons. The van der Waals surface area contributed by atoms with Crippen molar-refractivity contribution in [2.45, 2.75) is 6.92 Å². The highest BCUT2D eigenvalue weighted by atomic mass is 16.5. The fourth-order valence-electron chi connectivity index (χ4n) is 1.37. The fraction of sp³-hybridized carbons (Fsp3) is 0.125. The number of hydrogen-bond donors (Lipinski definition) is 3. The van der Waals surface area contributed by atoms with Gasteiger partial charge < -0.3 is 16.0 Å². The topological polar surface area (TPSA) is 84.3 Å². The van der Waals surface area contributed by atoms with Gasteiger partial charge in [-0.15, -0.1) is 5.10 Å². The fourth-order valence-corrected chi connectivity index (χ4v) is 1.37. The molecule has 68 valence electrons. The number of phenols is 1. The van der Waals surface area contributed by atoms with Crippen molar-refractivity contribution in [1.29, 1.82) is 0 Å². The van der Waals surface area contributed by atoms with Gasteiger partial charge in [-0.1, -0.05) is 4.85 Å². The zero-order valence-corrected chi connectivity index (χ0v) is 7.02. The number of aromatic hydroxyl groups is 1. The van der Waals surface area contributed by atoms with Crippen LogP contribution in [0.2, 0.25) is 0 Å². The number of rotatable bonds is 0. The molecule has 0 bridgehead atoms. The lowest BCUT2D eigenvalue weighted by Gasteiger charge is -2.03. The molecule has 0 aliphatic heterocycles. The van der Waals surface area contributed by atoms with Crippen LogP contribution in [0.5, 0.6) is 5.75 Å². The van der Waals surface area contributed by atoms with E-state index < -0.39 is 0 Å². The van der Waals surface area contributed by atoms with Crippen LogP contribution >= 0.6 is 0 Å². The van der Waals surface area contributed by atoms with E-state index in [1.54, 1.807) is 13.0 Å². The molecule has 2 rings (SSSR count). The number of fused-ring (bicyclic) bond motifs is 1. The summed E-state index contributed by atoms with van der Waals surface area (Å²) in [5.41, 5.74) is 7.03. The second kappa shape index (κ2) is 2.29. The molecule has 5 nitrogen and oxygen atoms in total. The second-order valence-corrected chi connectivity index (χ2v) is 2.93. The largest absolute Gasteiger partial charge is 0.507 e. The summed E-state index contributed by atoms with van der Waals surface area (Å²) in [7, 11) is 0. The number of benzene rings is 1. The maximum Gasteiger partial charge on any atom is 0.136 e. The van der Waals surface area contributed by atoms with Gasteiger partial charge in [0.25, 0.3) is 0 Å². The standard InChI is InChI=1S/C8H9N3O2/c1-4-2-6(9)7-5(8(4)12)3-10-11(7)13/h2-3,12-13H,9H2,1H3. The van der Waals surface area contributed by atoms with Crippen molar-refractivity contribution in [2.24, 2.45) is 0 Å². The summed E-state index contributed by atoms with van der Waals surface area (Å²) < 4.78 is 0. The van der Waals surface area contributed by atoms with Crippen molar-refractivity contribution in [1.82, 2.24) is 9.94 Å². The normalized spacial score (nSPS) is 10.8. The van der Waals surface area contributed by atoms with E-state index in [1.807, 2.05) is 0 Å². The average molecular weight is 179 g/mol. The first-order chi connectivity index (χ1) is 6.11. The smallest absolute Gasteiger partial charge is 0.136 e. The first-order valence-electron chi connectivity index (χ1n) is 3.76. The lowest BCUT2D eigenvalue weighted by Crippen LogP contribution is -1.96. The molecule has 13 heavy (non-hydrogen) atoms. The van der Waals surface area contributed by atoms with E-state index in [9.17, 15) is 10.3 Å². The highest BCUT2D eigenvalue weighted by Gasteiger charge is 2.11. The Morgan fingerprint density at radius 3 is 2.92 bits per heavy atom. The van der Waals surface area contributed by atoms with Gasteiger partial charge in [-0.2, -0.15) is 0 Å². The highest BCUT2D eigenvalue weighted by molar-refractivity contribution is 5.94. The molecule has 0 aliphatic rings. The van der Waals surface area contributed by atoms with Gasteiger partial charge in [0.15, 0.2) is 0 Å². The van der Waals surface area contributed by atoms with E-state index in [1.165, 1.54) is 6.20 Å². The number of anilines is 1. The predicted molar refractivity (Wildman–Crippen MR) is 47.7 cm³/mol. The van der Waals surface area contributed by atoms with Gasteiger partial charge in [0.1, 0.15) is 11.3 Å². The van der Waals surface area contributed by atoms with E-state index >= 15 is 0 Å². The molecule has 4 N–H and O–H groups in total. The van der Waals surface area contributed by atoms with Gasteiger partial charge in [-0.05, 0) is 18.6 Å². The molecule has 1 aromatic heterocycles. The van der Waals surface area contributed by atoms with Crippen LogP contribution in [0, 0.1) is 6.92 Å². The second-order valence-electron chi connectivity index (χ2n) is 2.93. The Kier molecular flexibility index (Phi) is 1.36. The van der Waals surface area contributed by atoms with Gasteiger partial charge in [0.2, 0.25) is 0 Å². The summed E-state index contributed by atoms with van der Waals surface area (Å²) in [5.74, 6) is 0.101. The van der Waals surface area contributed by atoms with Crippen LogP contribution in [0.25, 0.3) is 10.9 Å². The molecule has 1 aromatic carbocycles.